The molecule has 19 heavy (non-hydrogen) atoms. The monoisotopic (exact) mass is 265 g/mol. The third kappa shape index (κ3) is 3.43. The van der Waals surface area contributed by atoms with Crippen molar-refractivity contribution in [2.45, 2.75) is 47.1 Å². The maximum absolute atomic E-state index is 11.4. The van der Waals surface area contributed by atoms with E-state index in [0.717, 1.165) is 6.42 Å². The van der Waals surface area contributed by atoms with Crippen LogP contribution in [0.3, 0.4) is 0 Å². The van der Waals surface area contributed by atoms with Gasteiger partial charge in [-0.15, -0.1) is 5.10 Å². The minimum absolute atomic E-state index is 0.217. The van der Waals surface area contributed by atoms with Crippen LogP contribution in [0.25, 0.3) is 0 Å². The third-order valence-electron chi connectivity index (χ3n) is 3.46. The van der Waals surface area contributed by atoms with Crippen molar-refractivity contribution in [1.29, 1.82) is 0 Å². The van der Waals surface area contributed by atoms with Crippen molar-refractivity contribution >= 4 is 11.8 Å². The molecule has 0 saturated heterocycles. The minimum atomic E-state index is -0.950. The zero-order chi connectivity index (χ0) is 14.7. The highest BCUT2D eigenvalue weighted by Gasteiger charge is 2.23. The quantitative estimate of drug-likeness (QED) is 0.886. The number of rotatable bonds is 5. The molecule has 0 fully saturated rings. The second kappa shape index (κ2) is 5.99. The molecule has 1 aromatic heterocycles. The van der Waals surface area contributed by atoms with Gasteiger partial charge in [-0.05, 0) is 38.7 Å². The molecule has 0 bridgehead atoms. The summed E-state index contributed by atoms with van der Waals surface area (Å²) >= 11 is 0. The predicted molar refractivity (Wildman–Crippen MR) is 75.8 cm³/mol. The lowest BCUT2D eigenvalue weighted by Gasteiger charge is -2.28. The topological polar surface area (TPSA) is 66.3 Å². The molecule has 0 aliphatic carbocycles. The summed E-state index contributed by atoms with van der Waals surface area (Å²) in [5.74, 6) is 0.0445. The van der Waals surface area contributed by atoms with Crippen LogP contribution in [0.5, 0.6) is 0 Å². The number of aromatic nitrogens is 2. The van der Waals surface area contributed by atoms with E-state index in [0.29, 0.717) is 23.0 Å². The van der Waals surface area contributed by atoms with E-state index in [1.165, 1.54) is 0 Å². The van der Waals surface area contributed by atoms with E-state index in [1.807, 2.05) is 11.9 Å². The van der Waals surface area contributed by atoms with Crippen LogP contribution in [0.4, 0.5) is 5.82 Å². The molecule has 1 unspecified atom stereocenters. The second-order valence-corrected chi connectivity index (χ2v) is 5.50. The lowest BCUT2D eigenvalue weighted by molar-refractivity contribution is 0.0696. The number of carbonyl (C=O) groups is 1. The largest absolute Gasteiger partial charge is 0.478 e. The zero-order valence-electron chi connectivity index (χ0n) is 12.6. The van der Waals surface area contributed by atoms with E-state index in [-0.39, 0.29) is 11.6 Å². The van der Waals surface area contributed by atoms with Crippen LogP contribution < -0.4 is 4.90 Å². The standard InChI is InChI=1S/C14H23N3O2/c1-8(2)7-9(3)17(6)13-12(14(18)19)10(4)11(5)15-16-13/h8-9H,7H2,1-6H3,(H,18,19). The maximum Gasteiger partial charge on any atom is 0.339 e. The molecule has 1 atom stereocenters. The molecule has 1 aromatic rings. The first-order valence-electron chi connectivity index (χ1n) is 6.55. The van der Waals surface area contributed by atoms with Gasteiger partial charge in [-0.2, -0.15) is 5.10 Å². The molecule has 1 N–H and O–H groups in total. The van der Waals surface area contributed by atoms with Crippen molar-refractivity contribution in [3.8, 4) is 0 Å². The Morgan fingerprint density at radius 2 is 1.84 bits per heavy atom. The van der Waals surface area contributed by atoms with E-state index in [4.69, 9.17) is 0 Å². The summed E-state index contributed by atoms with van der Waals surface area (Å²) in [6.45, 7) is 9.92. The number of aryl methyl sites for hydroxylation is 1. The molecule has 0 aliphatic rings. The van der Waals surface area contributed by atoms with Crippen molar-refractivity contribution in [2.24, 2.45) is 5.92 Å². The molecule has 0 radical (unpaired) electrons. The van der Waals surface area contributed by atoms with Crippen molar-refractivity contribution in [1.82, 2.24) is 10.2 Å². The number of anilines is 1. The van der Waals surface area contributed by atoms with E-state index in [2.05, 4.69) is 31.0 Å². The smallest absolute Gasteiger partial charge is 0.339 e. The molecule has 1 rings (SSSR count). The van der Waals surface area contributed by atoms with Gasteiger partial charge in [0.1, 0.15) is 5.56 Å². The molecule has 106 valence electrons. The summed E-state index contributed by atoms with van der Waals surface area (Å²) in [6.07, 6.45) is 0.976. The van der Waals surface area contributed by atoms with Crippen LogP contribution >= 0.6 is 0 Å². The molecule has 5 heteroatoms. The SMILES string of the molecule is Cc1nnc(N(C)C(C)CC(C)C)c(C(=O)O)c1C. The lowest BCUT2D eigenvalue weighted by atomic mass is 10.0. The summed E-state index contributed by atoms with van der Waals surface area (Å²) in [4.78, 5) is 13.4. The normalized spacial score (nSPS) is 12.6. The molecular formula is C14H23N3O2. The Balaban J connectivity index is 3.19. The fourth-order valence-electron chi connectivity index (χ4n) is 2.15. The first-order chi connectivity index (χ1) is 8.75. The molecular weight excluding hydrogens is 242 g/mol. The van der Waals surface area contributed by atoms with E-state index in [1.54, 1.807) is 13.8 Å². The first-order valence-corrected chi connectivity index (χ1v) is 6.55. The van der Waals surface area contributed by atoms with Gasteiger partial charge < -0.3 is 10.0 Å². The van der Waals surface area contributed by atoms with Crippen LogP contribution in [-0.4, -0.2) is 34.4 Å². The Morgan fingerprint density at radius 1 is 1.26 bits per heavy atom. The Labute approximate surface area is 114 Å². The fourth-order valence-corrected chi connectivity index (χ4v) is 2.15. The van der Waals surface area contributed by atoms with Crippen molar-refractivity contribution in [2.75, 3.05) is 11.9 Å². The minimum Gasteiger partial charge on any atom is -0.478 e. The number of carboxylic acids is 1. The van der Waals surface area contributed by atoms with Crippen molar-refractivity contribution < 1.29 is 9.90 Å². The number of carboxylic acid groups (broad SMARTS) is 1. The van der Waals surface area contributed by atoms with Gasteiger partial charge in [0, 0.05) is 13.1 Å². The molecule has 0 aliphatic heterocycles. The average molecular weight is 265 g/mol. The number of hydrogen-bond donors (Lipinski definition) is 1. The molecule has 5 nitrogen and oxygen atoms in total. The molecule has 0 aromatic carbocycles. The summed E-state index contributed by atoms with van der Waals surface area (Å²) in [6, 6.07) is 0.217. The number of nitrogens with zero attached hydrogens (tertiary/aromatic N) is 3. The highest BCUT2D eigenvalue weighted by atomic mass is 16.4. The van der Waals surface area contributed by atoms with Gasteiger partial charge in [0.15, 0.2) is 5.82 Å². The number of aromatic carboxylic acids is 1. The number of hydrogen-bond acceptors (Lipinski definition) is 4. The van der Waals surface area contributed by atoms with Crippen LogP contribution in [0.15, 0.2) is 0 Å². The van der Waals surface area contributed by atoms with Crippen LogP contribution in [0.2, 0.25) is 0 Å². The lowest BCUT2D eigenvalue weighted by Crippen LogP contribution is -2.33. The summed E-state index contributed by atoms with van der Waals surface area (Å²) in [5, 5.41) is 17.5. The second-order valence-electron chi connectivity index (χ2n) is 5.50. The van der Waals surface area contributed by atoms with Gasteiger partial charge in [0.05, 0.1) is 5.69 Å². The van der Waals surface area contributed by atoms with Gasteiger partial charge in [-0.3, -0.25) is 0 Å². The van der Waals surface area contributed by atoms with Crippen molar-refractivity contribution in [3.05, 3.63) is 16.8 Å². The van der Waals surface area contributed by atoms with Gasteiger partial charge in [-0.1, -0.05) is 13.8 Å². The summed E-state index contributed by atoms with van der Waals surface area (Å²) < 4.78 is 0. The Kier molecular flexibility index (Phi) is 4.86. The van der Waals surface area contributed by atoms with Crippen LogP contribution in [0.1, 0.15) is 48.8 Å². The van der Waals surface area contributed by atoms with Gasteiger partial charge in [-0.25, -0.2) is 4.79 Å². The summed E-state index contributed by atoms with van der Waals surface area (Å²) in [5.41, 5.74) is 1.60. The van der Waals surface area contributed by atoms with Crippen LogP contribution in [0, 0.1) is 19.8 Å². The molecule has 0 spiro atoms. The van der Waals surface area contributed by atoms with E-state index >= 15 is 0 Å². The first kappa shape index (κ1) is 15.4. The Hall–Kier alpha value is -1.65. The molecule has 1 heterocycles. The van der Waals surface area contributed by atoms with Gasteiger partial charge in [0.2, 0.25) is 0 Å². The molecule has 0 saturated carbocycles. The zero-order valence-corrected chi connectivity index (χ0v) is 12.6. The van der Waals surface area contributed by atoms with Gasteiger partial charge in [0.25, 0.3) is 0 Å². The maximum atomic E-state index is 11.4. The Bertz CT molecular complexity index is 472. The van der Waals surface area contributed by atoms with Crippen molar-refractivity contribution in [3.63, 3.8) is 0 Å². The Morgan fingerprint density at radius 3 is 2.32 bits per heavy atom. The highest BCUT2D eigenvalue weighted by Crippen LogP contribution is 2.24. The molecule has 0 amide bonds. The average Bonchev–Trinajstić information content (AvgIpc) is 2.30. The third-order valence-corrected chi connectivity index (χ3v) is 3.46. The van der Waals surface area contributed by atoms with Gasteiger partial charge >= 0.3 is 5.97 Å². The fraction of sp³-hybridized carbons (Fsp3) is 0.643. The van der Waals surface area contributed by atoms with Crippen LogP contribution in [-0.2, 0) is 0 Å². The summed E-state index contributed by atoms with van der Waals surface area (Å²) in [7, 11) is 1.87. The highest BCUT2D eigenvalue weighted by molar-refractivity contribution is 5.95. The predicted octanol–water partition coefficient (Wildman–Crippen LogP) is 2.66. The van der Waals surface area contributed by atoms with E-state index < -0.39 is 5.97 Å². The van der Waals surface area contributed by atoms with E-state index in [9.17, 15) is 9.90 Å².